The number of hydrogen-bond donors (Lipinski definition) is 3. The lowest BCUT2D eigenvalue weighted by atomic mass is 10.1. The van der Waals surface area contributed by atoms with Crippen LogP contribution in [0.3, 0.4) is 0 Å². The van der Waals surface area contributed by atoms with Gasteiger partial charge in [-0.25, -0.2) is 0 Å². The third-order valence-corrected chi connectivity index (χ3v) is 5.38. The molecule has 9 heteroatoms. The summed E-state index contributed by atoms with van der Waals surface area (Å²) in [5, 5.41) is 8.00. The van der Waals surface area contributed by atoms with Crippen molar-refractivity contribution in [2.24, 2.45) is 5.10 Å². The van der Waals surface area contributed by atoms with Crippen molar-refractivity contribution in [1.82, 2.24) is 25.5 Å². The van der Waals surface area contributed by atoms with Crippen LogP contribution in [0.25, 0.3) is 0 Å². The number of fused-ring (bicyclic) bond motifs is 1. The minimum Gasteiger partial charge on any atom is -0.491 e. The largest absolute Gasteiger partial charge is 0.491 e. The van der Waals surface area contributed by atoms with E-state index in [1.807, 2.05) is 19.1 Å². The highest BCUT2D eigenvalue weighted by molar-refractivity contribution is 7.80. The van der Waals surface area contributed by atoms with Gasteiger partial charge in [-0.15, -0.1) is 12.6 Å². The first kappa shape index (κ1) is 21.3. The minimum absolute atomic E-state index is 0.103. The topological polar surface area (TPSA) is 74.2 Å². The molecule has 1 saturated heterocycles. The average molecular weight is 409 g/mol. The van der Waals surface area contributed by atoms with Crippen molar-refractivity contribution in [2.45, 2.75) is 18.8 Å². The smallest absolute Gasteiger partial charge is 0.146 e. The molecule has 1 unspecified atom stereocenters. The molecule has 28 heavy (non-hydrogen) atoms. The molecule has 0 bridgehead atoms. The molecule has 0 amide bonds. The molecule has 0 spiro atoms. The number of thiol groups is 1. The van der Waals surface area contributed by atoms with E-state index in [2.05, 4.69) is 30.6 Å². The van der Waals surface area contributed by atoms with E-state index in [9.17, 15) is 0 Å². The van der Waals surface area contributed by atoms with E-state index < -0.39 is 0 Å². The number of ether oxygens (including phenoxy) is 2. The van der Waals surface area contributed by atoms with E-state index in [1.165, 1.54) is 0 Å². The van der Waals surface area contributed by atoms with Crippen molar-refractivity contribution < 1.29 is 9.47 Å². The van der Waals surface area contributed by atoms with Gasteiger partial charge in [-0.05, 0) is 19.1 Å². The number of hydrogen-bond acceptors (Lipinski definition) is 9. The molecule has 0 aromatic carbocycles. The molecular weight excluding hydrogens is 376 g/mol. The summed E-state index contributed by atoms with van der Waals surface area (Å²) in [5.41, 5.74) is 4.84. The predicted molar refractivity (Wildman–Crippen MR) is 114 cm³/mol. The third kappa shape index (κ3) is 6.31. The molecule has 1 aromatic rings. The van der Waals surface area contributed by atoms with Gasteiger partial charge in [-0.1, -0.05) is 0 Å². The van der Waals surface area contributed by atoms with E-state index in [1.54, 1.807) is 6.20 Å². The van der Waals surface area contributed by atoms with Gasteiger partial charge in [0, 0.05) is 65.0 Å². The van der Waals surface area contributed by atoms with Crippen molar-refractivity contribution >= 4 is 18.3 Å². The minimum atomic E-state index is -0.103. The summed E-state index contributed by atoms with van der Waals surface area (Å²) in [4.78, 5) is 9.19. The maximum Gasteiger partial charge on any atom is 0.146 e. The van der Waals surface area contributed by atoms with Crippen LogP contribution in [-0.2, 0) is 4.74 Å². The molecule has 1 aromatic heterocycles. The fourth-order valence-corrected chi connectivity index (χ4v) is 3.60. The molecule has 2 N–H and O–H groups in total. The van der Waals surface area contributed by atoms with Crippen molar-refractivity contribution in [3.8, 4) is 5.75 Å². The van der Waals surface area contributed by atoms with Gasteiger partial charge in [-0.2, -0.15) is 5.10 Å². The van der Waals surface area contributed by atoms with Crippen LogP contribution in [0.2, 0.25) is 0 Å². The Kier molecular flexibility index (Phi) is 8.81. The van der Waals surface area contributed by atoms with Crippen LogP contribution in [0.15, 0.2) is 23.4 Å². The predicted octanol–water partition coefficient (Wildman–Crippen LogP) is 0.615. The Labute approximate surface area is 173 Å². The monoisotopic (exact) mass is 408 g/mol. The molecule has 8 nitrogen and oxygen atoms in total. The first-order valence-electron chi connectivity index (χ1n) is 10.1. The van der Waals surface area contributed by atoms with E-state index in [0.29, 0.717) is 6.61 Å². The summed E-state index contributed by atoms with van der Waals surface area (Å²) in [5.74, 6) is 0.800. The first-order valence-corrected chi connectivity index (χ1v) is 10.6. The van der Waals surface area contributed by atoms with Crippen LogP contribution < -0.4 is 15.5 Å². The second kappa shape index (κ2) is 11.6. The molecule has 0 saturated carbocycles. The van der Waals surface area contributed by atoms with Crippen molar-refractivity contribution in [3.63, 3.8) is 0 Å². The highest BCUT2D eigenvalue weighted by Crippen LogP contribution is 2.22. The Bertz CT molecular complexity index is 624. The molecule has 2 aliphatic rings. The lowest BCUT2D eigenvalue weighted by Gasteiger charge is -2.37. The zero-order valence-electron chi connectivity index (χ0n) is 16.6. The number of hydrazone groups is 1. The molecule has 0 radical (unpaired) electrons. The molecule has 156 valence electrons. The van der Waals surface area contributed by atoms with Crippen LogP contribution >= 0.6 is 12.6 Å². The molecule has 3 heterocycles. The van der Waals surface area contributed by atoms with Gasteiger partial charge in [0.15, 0.2) is 0 Å². The van der Waals surface area contributed by atoms with Crippen LogP contribution in [-0.4, -0.2) is 91.6 Å². The second-order valence-corrected chi connectivity index (χ2v) is 7.32. The van der Waals surface area contributed by atoms with Crippen LogP contribution in [0.5, 0.6) is 5.75 Å². The molecular formula is C19H32N6O2S. The summed E-state index contributed by atoms with van der Waals surface area (Å²) in [6.07, 6.45) is 2.52. The zero-order chi connectivity index (χ0) is 19.6. The Hall–Kier alpha value is -1.39. The van der Waals surface area contributed by atoms with Crippen LogP contribution in [0, 0.1) is 0 Å². The van der Waals surface area contributed by atoms with Gasteiger partial charge in [0.05, 0.1) is 18.9 Å². The number of nitrogens with one attached hydrogen (secondary N) is 2. The second-order valence-electron chi connectivity index (χ2n) is 6.83. The molecule has 0 aliphatic carbocycles. The highest BCUT2D eigenvalue weighted by Gasteiger charge is 2.22. The summed E-state index contributed by atoms with van der Waals surface area (Å²) < 4.78 is 11.0. The Morgan fingerprint density at radius 2 is 2.18 bits per heavy atom. The fraction of sp³-hybridized carbons (Fsp3) is 0.684. The van der Waals surface area contributed by atoms with Gasteiger partial charge in [0.2, 0.25) is 0 Å². The van der Waals surface area contributed by atoms with Gasteiger partial charge >= 0.3 is 0 Å². The van der Waals surface area contributed by atoms with E-state index in [-0.39, 0.29) is 5.50 Å². The van der Waals surface area contributed by atoms with Crippen LogP contribution in [0.1, 0.15) is 19.0 Å². The lowest BCUT2D eigenvalue weighted by Crippen LogP contribution is -2.53. The molecule has 1 fully saturated rings. The summed E-state index contributed by atoms with van der Waals surface area (Å²) in [6, 6.07) is 3.81. The zero-order valence-corrected chi connectivity index (χ0v) is 17.5. The summed E-state index contributed by atoms with van der Waals surface area (Å²) in [7, 11) is 0. The van der Waals surface area contributed by atoms with Gasteiger partial charge in [-0.3, -0.25) is 20.2 Å². The first-order chi connectivity index (χ1) is 13.8. The Morgan fingerprint density at radius 3 is 3.00 bits per heavy atom. The van der Waals surface area contributed by atoms with Crippen molar-refractivity contribution in [1.29, 1.82) is 0 Å². The number of pyridine rings is 1. The van der Waals surface area contributed by atoms with Gasteiger partial charge in [0.25, 0.3) is 0 Å². The van der Waals surface area contributed by atoms with E-state index in [0.717, 1.165) is 82.6 Å². The van der Waals surface area contributed by atoms with Crippen molar-refractivity contribution in [3.05, 3.63) is 24.0 Å². The third-order valence-electron chi connectivity index (χ3n) is 4.94. The fourth-order valence-electron chi connectivity index (χ4n) is 3.31. The SMILES string of the molecule is CCOCCNCCN1CCN(C(S)N/N=C2/CCOc3cccnc32)CC1. The van der Waals surface area contributed by atoms with Crippen molar-refractivity contribution in [2.75, 3.05) is 65.6 Å². The quantitative estimate of drug-likeness (QED) is 0.227. The normalized spacial score (nSPS) is 20.6. The summed E-state index contributed by atoms with van der Waals surface area (Å²) in [6.45, 7) is 11.2. The van der Waals surface area contributed by atoms with E-state index >= 15 is 0 Å². The maximum absolute atomic E-state index is 5.63. The average Bonchev–Trinajstić information content (AvgIpc) is 2.75. The number of rotatable bonds is 10. The standard InChI is InChI=1S/C19H32N6O2S/c1-2-26-15-8-20-7-9-24-10-12-25(13-11-24)19(28)23-22-16-5-14-27-17-4-3-6-21-18(16)17/h3-4,6,19-20,23,28H,2,5,7-15H2,1H3/b22-16-. The summed E-state index contributed by atoms with van der Waals surface area (Å²) >= 11 is 4.70. The number of nitrogens with zero attached hydrogens (tertiary/aromatic N) is 4. The molecule has 1 atom stereocenters. The molecule has 3 rings (SSSR count). The molecule has 2 aliphatic heterocycles. The van der Waals surface area contributed by atoms with Crippen LogP contribution in [0.4, 0.5) is 0 Å². The Morgan fingerprint density at radius 1 is 1.32 bits per heavy atom. The van der Waals surface area contributed by atoms with Gasteiger partial charge in [0.1, 0.15) is 16.9 Å². The maximum atomic E-state index is 5.63. The number of aromatic nitrogens is 1. The lowest BCUT2D eigenvalue weighted by molar-refractivity contribution is 0.113. The highest BCUT2D eigenvalue weighted by atomic mass is 32.1. The van der Waals surface area contributed by atoms with E-state index in [4.69, 9.17) is 22.1 Å². The number of piperazine rings is 1. The Balaban J connectivity index is 1.37. The van der Waals surface area contributed by atoms with Gasteiger partial charge < -0.3 is 14.8 Å².